The SMILES string of the molecule is Cc1cc(COC(=O)C2(C)N=C(c3ccccc3)N(Cc3ccccc3)C2c2ccccc2)ccc1Cl. The van der Waals surface area contributed by atoms with E-state index < -0.39 is 5.54 Å². The van der Waals surface area contributed by atoms with E-state index in [0.717, 1.165) is 33.7 Å². The molecule has 1 aliphatic rings. The van der Waals surface area contributed by atoms with Crippen molar-refractivity contribution in [2.75, 3.05) is 0 Å². The van der Waals surface area contributed by atoms with Gasteiger partial charge in [0.2, 0.25) is 0 Å². The molecule has 0 saturated carbocycles. The molecule has 0 amide bonds. The Morgan fingerprint density at radius 2 is 1.51 bits per heavy atom. The molecule has 4 nitrogen and oxygen atoms in total. The Hall–Kier alpha value is -3.89. The second-order valence-corrected chi connectivity index (χ2v) is 9.94. The van der Waals surface area contributed by atoms with Crippen LogP contribution in [0.1, 0.15) is 40.8 Å². The van der Waals surface area contributed by atoms with E-state index in [1.54, 1.807) is 0 Å². The highest BCUT2D eigenvalue weighted by Crippen LogP contribution is 2.43. The predicted molar refractivity (Wildman–Crippen MR) is 149 cm³/mol. The van der Waals surface area contributed by atoms with Crippen molar-refractivity contribution in [3.05, 3.63) is 142 Å². The molecule has 5 heteroatoms. The van der Waals surface area contributed by atoms with Crippen LogP contribution < -0.4 is 0 Å². The Labute approximate surface area is 223 Å². The van der Waals surface area contributed by atoms with E-state index in [9.17, 15) is 4.79 Å². The lowest BCUT2D eigenvalue weighted by Crippen LogP contribution is -2.44. The first-order valence-corrected chi connectivity index (χ1v) is 12.8. The van der Waals surface area contributed by atoms with Gasteiger partial charge in [-0.15, -0.1) is 0 Å². The van der Waals surface area contributed by atoms with E-state index in [2.05, 4.69) is 29.2 Å². The van der Waals surface area contributed by atoms with Crippen LogP contribution in [0.15, 0.2) is 114 Å². The molecule has 4 aromatic carbocycles. The van der Waals surface area contributed by atoms with Crippen LogP contribution in [-0.4, -0.2) is 22.2 Å². The average Bonchev–Trinajstić information content (AvgIpc) is 3.23. The summed E-state index contributed by atoms with van der Waals surface area (Å²) in [5.74, 6) is 0.415. The molecule has 186 valence electrons. The minimum absolute atomic E-state index is 0.156. The summed E-state index contributed by atoms with van der Waals surface area (Å²) in [6.45, 7) is 4.58. The third-order valence-corrected chi connectivity index (χ3v) is 7.23. The number of halogens is 1. The molecule has 0 bridgehead atoms. The van der Waals surface area contributed by atoms with Gasteiger partial charge in [-0.1, -0.05) is 115 Å². The van der Waals surface area contributed by atoms with Crippen molar-refractivity contribution >= 4 is 23.4 Å². The topological polar surface area (TPSA) is 41.9 Å². The standard InChI is InChI=1S/C32H29ClN2O2/c1-23-20-25(18-19-28(23)33)22-37-31(36)32(2)29(26-14-8-4-9-15-26)35(21-24-12-6-3-7-13-24)30(34-32)27-16-10-5-11-17-27/h3-20,29H,21-22H2,1-2H3. The average molecular weight is 509 g/mol. The van der Waals surface area contributed by atoms with Crippen molar-refractivity contribution in [2.24, 2.45) is 4.99 Å². The molecule has 2 atom stereocenters. The number of carbonyl (C=O) groups is 1. The van der Waals surface area contributed by atoms with E-state index in [1.165, 1.54) is 0 Å². The van der Waals surface area contributed by atoms with Crippen molar-refractivity contribution in [3.63, 3.8) is 0 Å². The molecule has 1 aliphatic heterocycles. The first-order valence-electron chi connectivity index (χ1n) is 12.4. The van der Waals surface area contributed by atoms with E-state index in [-0.39, 0.29) is 18.6 Å². The van der Waals surface area contributed by atoms with Gasteiger partial charge in [0, 0.05) is 17.1 Å². The number of esters is 1. The molecular weight excluding hydrogens is 480 g/mol. The van der Waals surface area contributed by atoms with Gasteiger partial charge in [-0.2, -0.15) is 0 Å². The fraction of sp³-hybridized carbons (Fsp3) is 0.188. The highest BCUT2D eigenvalue weighted by molar-refractivity contribution is 6.31. The molecule has 0 radical (unpaired) electrons. The summed E-state index contributed by atoms with van der Waals surface area (Å²) in [6, 6.07) is 35.7. The first-order chi connectivity index (χ1) is 18.0. The molecule has 0 saturated heterocycles. The van der Waals surface area contributed by atoms with E-state index in [4.69, 9.17) is 21.3 Å². The fourth-order valence-electron chi connectivity index (χ4n) is 4.92. The lowest BCUT2D eigenvalue weighted by Gasteiger charge is -2.35. The minimum atomic E-state index is -1.15. The molecule has 5 rings (SSSR count). The number of hydrogen-bond donors (Lipinski definition) is 0. The van der Waals surface area contributed by atoms with Crippen LogP contribution >= 0.6 is 11.6 Å². The van der Waals surface area contributed by atoms with Gasteiger partial charge in [0.05, 0.1) is 6.04 Å². The zero-order valence-electron chi connectivity index (χ0n) is 21.0. The molecule has 1 heterocycles. The van der Waals surface area contributed by atoms with Crippen LogP contribution in [0.2, 0.25) is 5.02 Å². The summed E-state index contributed by atoms with van der Waals surface area (Å²) in [4.78, 5) is 21.2. The molecule has 0 aliphatic carbocycles. The lowest BCUT2D eigenvalue weighted by molar-refractivity contribution is -0.152. The molecule has 0 spiro atoms. The Bertz CT molecular complexity index is 1410. The summed E-state index contributed by atoms with van der Waals surface area (Å²) in [5, 5.41) is 0.690. The largest absolute Gasteiger partial charge is 0.459 e. The van der Waals surface area contributed by atoms with Gasteiger partial charge < -0.3 is 9.64 Å². The van der Waals surface area contributed by atoms with Crippen LogP contribution in [0.4, 0.5) is 0 Å². The number of benzene rings is 4. The zero-order valence-corrected chi connectivity index (χ0v) is 21.7. The van der Waals surface area contributed by atoms with Gasteiger partial charge in [-0.25, -0.2) is 9.79 Å². The number of aliphatic imine (C=N–C) groups is 1. The van der Waals surface area contributed by atoms with Crippen LogP contribution in [0.5, 0.6) is 0 Å². The Morgan fingerprint density at radius 3 is 2.16 bits per heavy atom. The summed E-state index contributed by atoms with van der Waals surface area (Å²) < 4.78 is 5.93. The van der Waals surface area contributed by atoms with E-state index >= 15 is 0 Å². The maximum atomic E-state index is 13.9. The van der Waals surface area contributed by atoms with Gasteiger partial charge in [0.1, 0.15) is 12.4 Å². The molecule has 4 aromatic rings. The molecule has 0 aromatic heterocycles. The summed E-state index contributed by atoms with van der Waals surface area (Å²) >= 11 is 6.18. The van der Waals surface area contributed by atoms with Gasteiger partial charge >= 0.3 is 5.97 Å². The minimum Gasteiger partial charge on any atom is -0.459 e. The number of amidine groups is 1. The van der Waals surface area contributed by atoms with Crippen molar-refractivity contribution in [1.29, 1.82) is 0 Å². The summed E-state index contributed by atoms with van der Waals surface area (Å²) in [7, 11) is 0. The van der Waals surface area contributed by atoms with Gasteiger partial charge in [-0.3, -0.25) is 0 Å². The molecular formula is C32H29ClN2O2. The maximum absolute atomic E-state index is 13.9. The fourth-order valence-corrected chi connectivity index (χ4v) is 5.04. The van der Waals surface area contributed by atoms with Crippen LogP contribution in [0.3, 0.4) is 0 Å². The van der Waals surface area contributed by atoms with Crippen molar-refractivity contribution < 1.29 is 9.53 Å². The quantitative estimate of drug-likeness (QED) is 0.249. The van der Waals surface area contributed by atoms with Crippen LogP contribution in [0.25, 0.3) is 0 Å². The van der Waals surface area contributed by atoms with Gasteiger partial charge in [0.25, 0.3) is 0 Å². The Morgan fingerprint density at radius 1 is 0.892 bits per heavy atom. The van der Waals surface area contributed by atoms with Crippen molar-refractivity contribution in [3.8, 4) is 0 Å². The van der Waals surface area contributed by atoms with Gasteiger partial charge in [0.15, 0.2) is 5.54 Å². The second kappa shape index (κ2) is 10.6. The Kier molecular flexibility index (Phi) is 7.11. The summed E-state index contributed by atoms with van der Waals surface area (Å²) in [6.07, 6.45) is 0. The number of hydrogen-bond acceptors (Lipinski definition) is 4. The van der Waals surface area contributed by atoms with E-state index in [0.29, 0.717) is 11.6 Å². The number of nitrogens with zero attached hydrogens (tertiary/aromatic N) is 2. The molecule has 0 fully saturated rings. The van der Waals surface area contributed by atoms with Crippen LogP contribution in [-0.2, 0) is 22.7 Å². The molecule has 0 N–H and O–H groups in total. The number of ether oxygens (including phenoxy) is 1. The summed E-state index contributed by atoms with van der Waals surface area (Å²) in [5.41, 5.74) is 3.80. The monoisotopic (exact) mass is 508 g/mol. The van der Waals surface area contributed by atoms with E-state index in [1.807, 2.05) is 98.8 Å². The Balaban J connectivity index is 1.55. The number of aryl methyl sites for hydroxylation is 1. The first kappa shape index (κ1) is 24.8. The zero-order chi connectivity index (χ0) is 25.8. The predicted octanol–water partition coefficient (Wildman–Crippen LogP) is 7.15. The lowest BCUT2D eigenvalue weighted by atomic mass is 9.87. The van der Waals surface area contributed by atoms with Crippen LogP contribution in [0, 0.1) is 6.92 Å². The number of rotatable bonds is 7. The van der Waals surface area contributed by atoms with Gasteiger partial charge in [-0.05, 0) is 42.2 Å². The second-order valence-electron chi connectivity index (χ2n) is 9.54. The van der Waals surface area contributed by atoms with Crippen molar-refractivity contribution in [1.82, 2.24) is 4.90 Å². The third kappa shape index (κ3) is 5.16. The molecule has 37 heavy (non-hydrogen) atoms. The molecule has 2 unspecified atom stereocenters. The smallest absolute Gasteiger partial charge is 0.336 e. The normalized spacial score (nSPS) is 18.9. The third-order valence-electron chi connectivity index (χ3n) is 6.80. The highest BCUT2D eigenvalue weighted by Gasteiger charge is 2.52. The highest BCUT2D eigenvalue weighted by atomic mass is 35.5. The maximum Gasteiger partial charge on any atom is 0.336 e. The number of carbonyl (C=O) groups excluding carboxylic acids is 1. The van der Waals surface area contributed by atoms with Crippen molar-refractivity contribution in [2.45, 2.75) is 38.6 Å².